The summed E-state index contributed by atoms with van der Waals surface area (Å²) >= 11 is 0. The van der Waals surface area contributed by atoms with Gasteiger partial charge in [-0.05, 0) is 31.1 Å². The molecule has 66 heavy (non-hydrogen) atoms. The zero-order valence-corrected chi connectivity index (χ0v) is 45.3. The molecule has 1 atom stereocenters. The van der Waals surface area contributed by atoms with Crippen molar-refractivity contribution in [2.24, 2.45) is 11.8 Å². The molecule has 0 aliphatic heterocycles. The molecule has 6 nitrogen and oxygen atoms in total. The zero-order valence-electron chi connectivity index (χ0n) is 45.3. The van der Waals surface area contributed by atoms with Crippen molar-refractivity contribution in [3.8, 4) is 0 Å². The van der Waals surface area contributed by atoms with Crippen molar-refractivity contribution in [1.29, 1.82) is 0 Å². The summed E-state index contributed by atoms with van der Waals surface area (Å²) in [5, 5.41) is 0. The third-order valence-electron chi connectivity index (χ3n) is 13.7. The molecule has 0 heterocycles. The Kier molecular flexibility index (Phi) is 51.5. The monoisotopic (exact) mass is 933 g/mol. The Bertz CT molecular complexity index is 1010. The summed E-state index contributed by atoms with van der Waals surface area (Å²) in [4.78, 5) is 38.1. The Hall–Kier alpha value is -1.59. The lowest BCUT2D eigenvalue weighted by molar-refractivity contribution is -0.167. The molecule has 0 saturated carbocycles. The second kappa shape index (κ2) is 52.8. The predicted octanol–water partition coefficient (Wildman–Crippen LogP) is 19.7. The topological polar surface area (TPSA) is 78.9 Å². The van der Waals surface area contributed by atoms with Gasteiger partial charge in [-0.1, -0.05) is 298 Å². The Morgan fingerprint density at radius 1 is 0.288 bits per heavy atom. The fraction of sp³-hybridized carbons (Fsp3) is 0.950. The summed E-state index contributed by atoms with van der Waals surface area (Å²) in [5.41, 5.74) is 0. The molecule has 0 amide bonds. The third kappa shape index (κ3) is 53.4. The molecule has 0 aromatic heterocycles. The number of hydrogen-bond acceptors (Lipinski definition) is 6. The highest BCUT2D eigenvalue weighted by atomic mass is 16.6. The van der Waals surface area contributed by atoms with Gasteiger partial charge in [0.25, 0.3) is 0 Å². The summed E-state index contributed by atoms with van der Waals surface area (Å²) in [6, 6.07) is 0. The number of rotatable bonds is 54. The van der Waals surface area contributed by atoms with Crippen LogP contribution in [-0.4, -0.2) is 37.2 Å². The molecule has 0 N–H and O–H groups in total. The first kappa shape index (κ1) is 64.4. The fourth-order valence-corrected chi connectivity index (χ4v) is 9.23. The van der Waals surface area contributed by atoms with E-state index in [4.69, 9.17) is 14.2 Å². The summed E-state index contributed by atoms with van der Waals surface area (Å²) < 4.78 is 16.9. The minimum Gasteiger partial charge on any atom is -0.462 e. The number of hydrogen-bond donors (Lipinski definition) is 0. The van der Waals surface area contributed by atoms with Gasteiger partial charge in [0.05, 0.1) is 0 Å². The smallest absolute Gasteiger partial charge is 0.306 e. The molecule has 0 saturated heterocycles. The van der Waals surface area contributed by atoms with Gasteiger partial charge < -0.3 is 14.2 Å². The van der Waals surface area contributed by atoms with Gasteiger partial charge in [-0.25, -0.2) is 0 Å². The molecular formula is C60H116O6. The Morgan fingerprint density at radius 2 is 0.500 bits per heavy atom. The molecule has 0 aromatic carbocycles. The molecule has 0 unspecified atom stereocenters. The van der Waals surface area contributed by atoms with E-state index in [0.717, 1.165) is 69.6 Å². The van der Waals surface area contributed by atoms with Gasteiger partial charge in [0.15, 0.2) is 6.10 Å². The Balaban J connectivity index is 4.18. The van der Waals surface area contributed by atoms with Crippen molar-refractivity contribution in [1.82, 2.24) is 0 Å². The van der Waals surface area contributed by atoms with Crippen LogP contribution in [-0.2, 0) is 28.6 Å². The second-order valence-corrected chi connectivity index (χ2v) is 21.6. The first-order valence-corrected chi connectivity index (χ1v) is 29.7. The van der Waals surface area contributed by atoms with E-state index in [1.807, 2.05) is 0 Å². The lowest BCUT2D eigenvalue weighted by Crippen LogP contribution is -2.30. The summed E-state index contributed by atoms with van der Waals surface area (Å²) in [6.45, 7) is 11.4. The standard InChI is InChI=1S/C60H116O6/c1-6-7-8-9-10-28-35-40-45-50-58(61)64-53-57(54-65-59(62)51-46-41-36-31-26-22-19-15-17-21-25-30-34-39-44-49-56(4)5)66-60(63)52-47-42-37-32-27-23-18-14-12-11-13-16-20-24-29-33-38-43-48-55(2)3/h55-57H,6-54H2,1-5H3/t57-/m1/s1. The third-order valence-corrected chi connectivity index (χ3v) is 13.7. The van der Waals surface area contributed by atoms with Gasteiger partial charge in [0, 0.05) is 19.3 Å². The number of carbonyl (C=O) groups excluding carboxylic acids is 3. The highest BCUT2D eigenvalue weighted by Gasteiger charge is 2.19. The van der Waals surface area contributed by atoms with Crippen LogP contribution in [0.3, 0.4) is 0 Å². The van der Waals surface area contributed by atoms with Crippen molar-refractivity contribution in [2.75, 3.05) is 13.2 Å². The lowest BCUT2D eigenvalue weighted by atomic mass is 10.0. The van der Waals surface area contributed by atoms with Crippen molar-refractivity contribution < 1.29 is 28.6 Å². The van der Waals surface area contributed by atoms with Crippen molar-refractivity contribution in [3.05, 3.63) is 0 Å². The molecule has 0 aliphatic rings. The van der Waals surface area contributed by atoms with E-state index in [0.29, 0.717) is 19.3 Å². The maximum Gasteiger partial charge on any atom is 0.306 e. The van der Waals surface area contributed by atoms with Crippen LogP contribution < -0.4 is 0 Å². The maximum atomic E-state index is 12.8. The van der Waals surface area contributed by atoms with Gasteiger partial charge >= 0.3 is 17.9 Å². The molecule has 0 fully saturated rings. The average molecular weight is 934 g/mol. The maximum absolute atomic E-state index is 12.8. The lowest BCUT2D eigenvalue weighted by Gasteiger charge is -2.18. The van der Waals surface area contributed by atoms with Crippen LogP contribution >= 0.6 is 0 Å². The van der Waals surface area contributed by atoms with Crippen molar-refractivity contribution in [3.63, 3.8) is 0 Å². The van der Waals surface area contributed by atoms with Crippen LogP contribution in [0.5, 0.6) is 0 Å². The zero-order chi connectivity index (χ0) is 48.2. The largest absolute Gasteiger partial charge is 0.462 e. The molecule has 0 radical (unpaired) electrons. The van der Waals surface area contributed by atoms with Gasteiger partial charge in [0.1, 0.15) is 13.2 Å². The van der Waals surface area contributed by atoms with Crippen LogP contribution in [0.25, 0.3) is 0 Å². The summed E-state index contributed by atoms with van der Waals surface area (Å²) in [6.07, 6.45) is 56.8. The molecule has 0 spiro atoms. The van der Waals surface area contributed by atoms with Crippen molar-refractivity contribution in [2.45, 2.75) is 343 Å². The molecule has 0 bridgehead atoms. The van der Waals surface area contributed by atoms with E-state index in [-0.39, 0.29) is 31.1 Å². The van der Waals surface area contributed by atoms with Crippen LogP contribution in [0.1, 0.15) is 336 Å². The van der Waals surface area contributed by atoms with Gasteiger partial charge in [-0.15, -0.1) is 0 Å². The highest BCUT2D eigenvalue weighted by Crippen LogP contribution is 2.18. The number of esters is 3. The summed E-state index contributed by atoms with van der Waals surface area (Å²) in [5.74, 6) is 0.867. The molecule has 6 heteroatoms. The van der Waals surface area contributed by atoms with Gasteiger partial charge in [0.2, 0.25) is 0 Å². The van der Waals surface area contributed by atoms with E-state index >= 15 is 0 Å². The van der Waals surface area contributed by atoms with Crippen molar-refractivity contribution >= 4 is 17.9 Å². The van der Waals surface area contributed by atoms with E-state index in [2.05, 4.69) is 34.6 Å². The van der Waals surface area contributed by atoms with Crippen LogP contribution in [0.2, 0.25) is 0 Å². The number of carbonyl (C=O) groups is 3. The predicted molar refractivity (Wildman–Crippen MR) is 284 cm³/mol. The number of ether oxygens (including phenoxy) is 3. The normalized spacial score (nSPS) is 12.0. The molecular weight excluding hydrogens is 817 g/mol. The van der Waals surface area contributed by atoms with E-state index in [1.54, 1.807) is 0 Å². The molecule has 0 rings (SSSR count). The minimum absolute atomic E-state index is 0.0625. The van der Waals surface area contributed by atoms with E-state index in [9.17, 15) is 14.4 Å². The number of unbranched alkanes of at least 4 members (excludes halogenated alkanes) is 39. The minimum atomic E-state index is -0.762. The average Bonchev–Trinajstić information content (AvgIpc) is 3.29. The van der Waals surface area contributed by atoms with Crippen LogP contribution in [0.15, 0.2) is 0 Å². The fourth-order valence-electron chi connectivity index (χ4n) is 9.23. The second-order valence-electron chi connectivity index (χ2n) is 21.6. The Morgan fingerprint density at radius 3 is 0.742 bits per heavy atom. The highest BCUT2D eigenvalue weighted by molar-refractivity contribution is 5.71. The van der Waals surface area contributed by atoms with Gasteiger partial charge in [-0.3, -0.25) is 14.4 Å². The van der Waals surface area contributed by atoms with Crippen LogP contribution in [0.4, 0.5) is 0 Å². The summed E-state index contributed by atoms with van der Waals surface area (Å²) in [7, 11) is 0. The first-order valence-electron chi connectivity index (χ1n) is 29.7. The SMILES string of the molecule is CCCCCCCCCCCC(=O)OC[C@H](COC(=O)CCCCCCCCCCCCCCCCCC(C)C)OC(=O)CCCCCCCCCCCCCCCCCCCCC(C)C. The van der Waals surface area contributed by atoms with E-state index < -0.39 is 6.10 Å². The Labute approximate surface area is 412 Å². The first-order chi connectivity index (χ1) is 32.2. The molecule has 0 aliphatic carbocycles. The van der Waals surface area contributed by atoms with Gasteiger partial charge in [-0.2, -0.15) is 0 Å². The quantitative estimate of drug-likeness (QED) is 0.0343. The van der Waals surface area contributed by atoms with E-state index in [1.165, 1.54) is 225 Å². The molecule has 0 aromatic rings. The molecule has 392 valence electrons. The van der Waals surface area contributed by atoms with Crippen LogP contribution in [0, 0.1) is 11.8 Å².